The summed E-state index contributed by atoms with van der Waals surface area (Å²) >= 11 is 0. The number of carbonyl (C=O) groups is 1. The van der Waals surface area contributed by atoms with Crippen molar-refractivity contribution in [3.63, 3.8) is 0 Å². The first-order chi connectivity index (χ1) is 12.8. The third kappa shape index (κ3) is 8.33. The molecule has 1 saturated heterocycles. The van der Waals surface area contributed by atoms with E-state index in [4.69, 9.17) is 28.5 Å². The van der Waals surface area contributed by atoms with E-state index in [1.165, 1.54) is 0 Å². The summed E-state index contributed by atoms with van der Waals surface area (Å²) < 4.78 is 30.2. The van der Waals surface area contributed by atoms with Crippen LogP contribution in [0.3, 0.4) is 0 Å². The number of carbonyl (C=O) groups excluding carboxylic acids is 1. The Morgan fingerprint density at radius 2 is 2.00 bits per heavy atom. The van der Waals surface area contributed by atoms with Crippen LogP contribution in [0.2, 0.25) is 0 Å². The van der Waals surface area contributed by atoms with Crippen LogP contribution in [0.5, 0.6) is 0 Å². The van der Waals surface area contributed by atoms with Crippen LogP contribution in [0.4, 0.5) is 4.79 Å². The van der Waals surface area contributed by atoms with Gasteiger partial charge in [0.2, 0.25) is 0 Å². The fourth-order valence-corrected chi connectivity index (χ4v) is 4.66. The highest BCUT2D eigenvalue weighted by atomic mass is 31.2. The minimum Gasteiger partial charge on any atom is -0.435 e. The molecule has 0 aromatic rings. The molecule has 0 amide bonds. The molecule has 1 aliphatic heterocycles. The van der Waals surface area contributed by atoms with Crippen LogP contribution in [0.15, 0.2) is 0 Å². The molecule has 1 aliphatic rings. The predicted molar refractivity (Wildman–Crippen MR) is 105 cm³/mol. The maximum atomic E-state index is 11.5. The molecule has 4 atom stereocenters. The highest BCUT2D eigenvalue weighted by Crippen LogP contribution is 2.49. The van der Waals surface area contributed by atoms with Crippen molar-refractivity contribution >= 4 is 22.5 Å². The van der Waals surface area contributed by atoms with Crippen LogP contribution < -0.4 is 0 Å². The largest absolute Gasteiger partial charge is 0.508 e. The van der Waals surface area contributed by atoms with E-state index in [0.717, 1.165) is 0 Å². The molecule has 0 radical (unpaired) electrons. The topological polar surface area (TPSA) is 90.2 Å². The zero-order chi connectivity index (χ0) is 20.4. The van der Waals surface area contributed by atoms with Crippen molar-refractivity contribution in [3.8, 4) is 6.07 Å². The molecule has 1 heterocycles. The minimum atomic E-state index is -1.37. The summed E-state index contributed by atoms with van der Waals surface area (Å²) in [6, 6.07) is 2.51. The average molecular weight is 402 g/mol. The summed E-state index contributed by atoms with van der Waals surface area (Å²) in [5.41, 5.74) is 0. The molecule has 0 bridgehead atoms. The first kappa shape index (κ1) is 24.1. The monoisotopic (exact) mass is 402 g/mol. The Kier molecular flexibility index (Phi) is 11.2. The predicted octanol–water partition coefficient (Wildman–Crippen LogP) is 2.57. The lowest BCUT2D eigenvalue weighted by Crippen LogP contribution is -2.36. The number of hydrogen-bond acceptors (Lipinski definition) is 8. The van der Waals surface area contributed by atoms with Gasteiger partial charge in [0.25, 0.3) is 8.53 Å². The summed E-state index contributed by atoms with van der Waals surface area (Å²) in [7, 11) is 0.587. The number of rotatable bonds is 11. The summed E-state index contributed by atoms with van der Waals surface area (Å²) in [5.74, 6) is 0. The molecule has 0 N–H and O–H groups in total. The van der Waals surface area contributed by atoms with Crippen molar-refractivity contribution in [2.24, 2.45) is 0 Å². The highest BCUT2D eigenvalue weighted by Gasteiger charge is 2.39. The van der Waals surface area contributed by atoms with E-state index < -0.39 is 14.7 Å². The van der Waals surface area contributed by atoms with Gasteiger partial charge in [-0.1, -0.05) is 0 Å². The minimum absolute atomic E-state index is 0.00620. The van der Waals surface area contributed by atoms with E-state index in [-0.39, 0.29) is 43.5 Å². The summed E-state index contributed by atoms with van der Waals surface area (Å²) in [6.45, 7) is 10.7. The zero-order valence-electron chi connectivity index (χ0n) is 17.2. The van der Waals surface area contributed by atoms with Gasteiger partial charge in [-0.05, 0) is 41.0 Å². The SMILES string of the molecule is B[C@H]1C[C@H](OP(OCCC#N)N(C(C)C)C(C)C)[C@@H](COC(=O)OCC)O1. The van der Waals surface area contributed by atoms with Crippen molar-refractivity contribution in [1.29, 1.82) is 5.26 Å². The van der Waals surface area contributed by atoms with Crippen molar-refractivity contribution in [2.45, 2.75) is 77.8 Å². The first-order valence-electron chi connectivity index (χ1n) is 9.50. The van der Waals surface area contributed by atoms with E-state index in [0.29, 0.717) is 19.4 Å². The van der Waals surface area contributed by atoms with E-state index >= 15 is 0 Å². The van der Waals surface area contributed by atoms with Gasteiger partial charge in [0.15, 0.2) is 0 Å². The van der Waals surface area contributed by atoms with Gasteiger partial charge < -0.3 is 23.3 Å². The molecular weight excluding hydrogens is 370 g/mol. The van der Waals surface area contributed by atoms with Crippen LogP contribution in [0.25, 0.3) is 0 Å². The van der Waals surface area contributed by atoms with Crippen LogP contribution in [-0.2, 0) is 23.3 Å². The maximum absolute atomic E-state index is 11.5. The molecule has 0 aromatic heterocycles. The second-order valence-corrected chi connectivity index (χ2v) is 8.31. The van der Waals surface area contributed by atoms with Gasteiger partial charge >= 0.3 is 6.16 Å². The molecule has 8 nitrogen and oxygen atoms in total. The van der Waals surface area contributed by atoms with Crippen molar-refractivity contribution in [2.75, 3.05) is 19.8 Å². The van der Waals surface area contributed by atoms with Crippen molar-refractivity contribution in [1.82, 2.24) is 4.67 Å². The third-order valence-electron chi connectivity index (χ3n) is 3.90. The van der Waals surface area contributed by atoms with Crippen LogP contribution in [0.1, 0.15) is 47.5 Å². The number of ether oxygens (including phenoxy) is 3. The molecule has 1 rings (SSSR count). The van der Waals surface area contributed by atoms with Crippen LogP contribution in [0, 0.1) is 11.3 Å². The highest BCUT2D eigenvalue weighted by molar-refractivity contribution is 7.44. The lowest BCUT2D eigenvalue weighted by Gasteiger charge is -2.37. The lowest BCUT2D eigenvalue weighted by atomic mass is 9.96. The Morgan fingerprint density at radius 3 is 2.56 bits per heavy atom. The molecule has 154 valence electrons. The maximum Gasteiger partial charge on any atom is 0.508 e. The van der Waals surface area contributed by atoms with Crippen LogP contribution >= 0.6 is 8.53 Å². The molecular formula is C17H32BN2O6P. The third-order valence-corrected chi connectivity index (χ3v) is 6.06. The van der Waals surface area contributed by atoms with Gasteiger partial charge in [0, 0.05) is 18.1 Å². The number of nitrogens with zero attached hydrogens (tertiary/aromatic N) is 2. The number of hydrogen-bond donors (Lipinski definition) is 0. The normalized spacial score (nSPS) is 23.6. The Hall–Kier alpha value is -0.905. The fourth-order valence-electron chi connectivity index (χ4n) is 2.90. The van der Waals surface area contributed by atoms with Crippen LogP contribution in [-0.4, -0.2) is 68.8 Å². The van der Waals surface area contributed by atoms with Gasteiger partial charge in [0.05, 0.1) is 31.8 Å². The molecule has 27 heavy (non-hydrogen) atoms. The quantitative estimate of drug-likeness (QED) is 0.226. The van der Waals surface area contributed by atoms with Gasteiger partial charge in [-0.25, -0.2) is 9.46 Å². The Bertz CT molecular complexity index is 483. The second kappa shape index (κ2) is 12.5. The molecule has 1 fully saturated rings. The molecule has 10 heteroatoms. The molecule has 0 aliphatic carbocycles. The van der Waals surface area contributed by atoms with E-state index in [9.17, 15) is 4.79 Å². The Balaban J connectivity index is 2.79. The number of nitriles is 1. The van der Waals surface area contributed by atoms with Gasteiger partial charge in [-0.15, -0.1) is 0 Å². The van der Waals surface area contributed by atoms with Crippen molar-refractivity contribution in [3.05, 3.63) is 0 Å². The van der Waals surface area contributed by atoms with E-state index in [2.05, 4.69) is 38.4 Å². The van der Waals surface area contributed by atoms with Crippen molar-refractivity contribution < 1.29 is 28.1 Å². The summed E-state index contributed by atoms with van der Waals surface area (Å²) in [4.78, 5) is 11.5. The zero-order valence-corrected chi connectivity index (χ0v) is 18.1. The van der Waals surface area contributed by atoms with E-state index in [1.54, 1.807) is 6.92 Å². The average Bonchev–Trinajstić information content (AvgIpc) is 2.92. The van der Waals surface area contributed by atoms with Gasteiger partial charge in [-0.2, -0.15) is 5.26 Å². The summed E-state index contributed by atoms with van der Waals surface area (Å²) in [6.07, 6.45) is -0.365. The molecule has 0 aromatic carbocycles. The second-order valence-electron chi connectivity index (χ2n) is 6.91. The van der Waals surface area contributed by atoms with Gasteiger partial charge in [-0.3, -0.25) is 0 Å². The smallest absolute Gasteiger partial charge is 0.435 e. The van der Waals surface area contributed by atoms with Gasteiger partial charge in [0.1, 0.15) is 20.6 Å². The molecule has 1 unspecified atom stereocenters. The Labute approximate surface area is 164 Å². The summed E-state index contributed by atoms with van der Waals surface area (Å²) in [5, 5.41) is 8.81. The fraction of sp³-hybridized carbons (Fsp3) is 0.882. The molecule has 0 spiro atoms. The lowest BCUT2D eigenvalue weighted by molar-refractivity contribution is -0.0246. The Morgan fingerprint density at radius 1 is 1.33 bits per heavy atom. The standard InChI is InChI=1S/C17H32BN2O6P/c1-6-22-17(21)23-11-15-14(10-16(18)25-15)26-27(24-9-7-8-19)20(12(2)3)13(4)5/h12-16H,6-7,9-11,18H2,1-5H3/t14-,15+,16+,27?/m0/s1. The first-order valence-corrected chi connectivity index (χ1v) is 10.6. The van der Waals surface area contributed by atoms with E-state index in [1.807, 2.05) is 7.85 Å². The molecule has 0 saturated carbocycles.